The van der Waals surface area contributed by atoms with Gasteiger partial charge in [0, 0.05) is 31.7 Å². The minimum Gasteiger partial charge on any atom is -0.483 e. The fraction of sp³-hybridized carbons (Fsp3) is 0.348. The van der Waals surface area contributed by atoms with Crippen LogP contribution in [0, 0.1) is 5.82 Å². The highest BCUT2D eigenvalue weighted by Crippen LogP contribution is 2.22. The van der Waals surface area contributed by atoms with Crippen molar-refractivity contribution in [1.82, 2.24) is 9.80 Å². The molecule has 170 valence electrons. The number of amides is 1. The van der Waals surface area contributed by atoms with Gasteiger partial charge >= 0.3 is 11.9 Å². The Morgan fingerprint density at radius 2 is 1.69 bits per heavy atom. The lowest BCUT2D eigenvalue weighted by atomic mass is 10.1. The molecule has 1 amide bonds. The van der Waals surface area contributed by atoms with Crippen molar-refractivity contribution < 1.29 is 33.7 Å². The number of ether oxygens (including phenoxy) is 1. The van der Waals surface area contributed by atoms with Gasteiger partial charge in [-0.05, 0) is 49.7 Å². The summed E-state index contributed by atoms with van der Waals surface area (Å²) in [4.78, 5) is 39.2. The van der Waals surface area contributed by atoms with Crippen molar-refractivity contribution in [2.45, 2.75) is 32.5 Å². The molecule has 9 heteroatoms. The van der Waals surface area contributed by atoms with Crippen LogP contribution < -0.4 is 4.74 Å². The first-order valence-corrected chi connectivity index (χ1v) is 10.2. The molecule has 1 saturated heterocycles. The van der Waals surface area contributed by atoms with E-state index in [4.69, 9.17) is 9.84 Å². The zero-order chi connectivity index (χ0) is 23.4. The van der Waals surface area contributed by atoms with Gasteiger partial charge in [0.15, 0.2) is 6.61 Å². The van der Waals surface area contributed by atoms with Crippen LogP contribution in [0.3, 0.4) is 0 Å². The second-order valence-corrected chi connectivity index (χ2v) is 7.91. The predicted molar refractivity (Wildman–Crippen MR) is 113 cm³/mol. The molecule has 1 aliphatic rings. The van der Waals surface area contributed by atoms with Crippen LogP contribution >= 0.6 is 0 Å². The van der Waals surface area contributed by atoms with Crippen LogP contribution in [0.1, 0.15) is 40.1 Å². The van der Waals surface area contributed by atoms with E-state index in [2.05, 4.69) is 4.90 Å². The van der Waals surface area contributed by atoms with Crippen LogP contribution in [0.5, 0.6) is 5.75 Å². The van der Waals surface area contributed by atoms with Crippen LogP contribution in [0.15, 0.2) is 42.5 Å². The number of halogens is 1. The molecular weight excluding hydrogens is 419 g/mol. The third-order valence-corrected chi connectivity index (χ3v) is 5.54. The fourth-order valence-electron chi connectivity index (χ4n) is 3.77. The van der Waals surface area contributed by atoms with E-state index in [0.29, 0.717) is 19.6 Å². The summed E-state index contributed by atoms with van der Waals surface area (Å²) in [6.07, 6.45) is 0. The SMILES string of the molecule is CC1CN(C(=O)COc2ccc(C(=O)O)cc2C(=O)O)C(C)CN1Cc1ccc(F)cc1. The van der Waals surface area contributed by atoms with Gasteiger partial charge in [-0.3, -0.25) is 9.69 Å². The average molecular weight is 444 g/mol. The van der Waals surface area contributed by atoms with Crippen molar-refractivity contribution in [2.24, 2.45) is 0 Å². The van der Waals surface area contributed by atoms with E-state index < -0.39 is 11.9 Å². The van der Waals surface area contributed by atoms with Gasteiger partial charge in [-0.25, -0.2) is 14.0 Å². The van der Waals surface area contributed by atoms with E-state index in [-0.39, 0.29) is 47.3 Å². The molecule has 0 aliphatic carbocycles. The number of carboxylic acids is 2. The van der Waals surface area contributed by atoms with Gasteiger partial charge in [0.2, 0.25) is 0 Å². The Balaban J connectivity index is 1.62. The number of nitrogens with zero attached hydrogens (tertiary/aromatic N) is 2. The van der Waals surface area contributed by atoms with Crippen molar-refractivity contribution in [2.75, 3.05) is 19.7 Å². The van der Waals surface area contributed by atoms with E-state index in [1.165, 1.54) is 24.3 Å². The second-order valence-electron chi connectivity index (χ2n) is 7.91. The summed E-state index contributed by atoms with van der Waals surface area (Å²) in [5, 5.41) is 18.4. The summed E-state index contributed by atoms with van der Waals surface area (Å²) >= 11 is 0. The first-order chi connectivity index (χ1) is 15.2. The molecule has 2 atom stereocenters. The van der Waals surface area contributed by atoms with E-state index in [9.17, 15) is 23.9 Å². The third kappa shape index (κ3) is 5.42. The monoisotopic (exact) mass is 444 g/mol. The standard InChI is InChI=1S/C23H25FN2O6/c1-14-11-26(15(2)10-25(14)12-16-3-6-18(24)7-4-16)21(27)13-32-20-8-5-17(22(28)29)9-19(20)23(30)31/h3-9,14-15H,10-13H2,1-2H3,(H,28,29)(H,30,31). The van der Waals surface area contributed by atoms with Gasteiger partial charge in [0.25, 0.3) is 5.91 Å². The molecule has 3 rings (SSSR count). The van der Waals surface area contributed by atoms with Gasteiger partial charge in [0.1, 0.15) is 17.1 Å². The number of carboxylic acid groups (broad SMARTS) is 2. The maximum atomic E-state index is 13.1. The Hall–Kier alpha value is -3.46. The van der Waals surface area contributed by atoms with Gasteiger partial charge in [-0.15, -0.1) is 0 Å². The Bertz CT molecular complexity index is 1010. The zero-order valence-electron chi connectivity index (χ0n) is 17.8. The number of benzene rings is 2. The molecule has 1 aliphatic heterocycles. The molecule has 2 unspecified atom stereocenters. The number of rotatable bonds is 7. The average Bonchev–Trinajstić information content (AvgIpc) is 2.75. The molecule has 0 saturated carbocycles. The highest BCUT2D eigenvalue weighted by molar-refractivity contribution is 5.96. The Labute approximate surface area is 184 Å². The minimum absolute atomic E-state index is 0.0598. The van der Waals surface area contributed by atoms with Crippen LogP contribution in [-0.2, 0) is 11.3 Å². The molecule has 1 fully saturated rings. The topological polar surface area (TPSA) is 107 Å². The number of carbonyl (C=O) groups excluding carboxylic acids is 1. The van der Waals surface area contributed by atoms with Crippen molar-refractivity contribution >= 4 is 17.8 Å². The van der Waals surface area contributed by atoms with Crippen molar-refractivity contribution in [3.05, 3.63) is 65.0 Å². The fourth-order valence-corrected chi connectivity index (χ4v) is 3.77. The molecule has 0 bridgehead atoms. The van der Waals surface area contributed by atoms with Crippen molar-refractivity contribution in [3.8, 4) is 5.75 Å². The minimum atomic E-state index is -1.34. The number of hydrogen-bond acceptors (Lipinski definition) is 5. The lowest BCUT2D eigenvalue weighted by molar-refractivity contribution is -0.139. The summed E-state index contributed by atoms with van der Waals surface area (Å²) < 4.78 is 18.6. The summed E-state index contributed by atoms with van der Waals surface area (Å²) in [5.41, 5.74) is 0.489. The molecule has 0 radical (unpaired) electrons. The van der Waals surface area contributed by atoms with Gasteiger partial charge in [-0.1, -0.05) is 12.1 Å². The lowest BCUT2D eigenvalue weighted by Crippen LogP contribution is -2.58. The van der Waals surface area contributed by atoms with Crippen LogP contribution in [0.25, 0.3) is 0 Å². The van der Waals surface area contributed by atoms with E-state index in [0.717, 1.165) is 11.6 Å². The van der Waals surface area contributed by atoms with Gasteiger partial charge in [0.05, 0.1) is 5.56 Å². The van der Waals surface area contributed by atoms with Crippen LogP contribution in [0.2, 0.25) is 0 Å². The summed E-state index contributed by atoms with van der Waals surface area (Å²) in [6, 6.07) is 9.77. The molecule has 1 heterocycles. The lowest BCUT2D eigenvalue weighted by Gasteiger charge is -2.44. The first-order valence-electron chi connectivity index (χ1n) is 10.2. The van der Waals surface area contributed by atoms with E-state index in [1.807, 2.05) is 13.8 Å². The van der Waals surface area contributed by atoms with E-state index in [1.54, 1.807) is 17.0 Å². The maximum absolute atomic E-state index is 13.1. The Kier molecular flexibility index (Phi) is 7.09. The number of carbonyl (C=O) groups is 3. The summed E-state index contributed by atoms with van der Waals surface area (Å²) in [6.45, 7) is 5.30. The second kappa shape index (κ2) is 9.78. The normalized spacial score (nSPS) is 18.9. The van der Waals surface area contributed by atoms with Crippen LogP contribution in [-0.4, -0.2) is 69.6 Å². The summed E-state index contributed by atoms with van der Waals surface area (Å²) in [5.74, 6) is -3.23. The molecule has 2 aromatic rings. The first kappa shape index (κ1) is 23.2. The molecule has 8 nitrogen and oxygen atoms in total. The largest absolute Gasteiger partial charge is 0.483 e. The highest BCUT2D eigenvalue weighted by Gasteiger charge is 2.32. The smallest absolute Gasteiger partial charge is 0.339 e. The summed E-state index contributed by atoms with van der Waals surface area (Å²) in [7, 11) is 0. The molecule has 0 aromatic heterocycles. The third-order valence-electron chi connectivity index (χ3n) is 5.54. The quantitative estimate of drug-likeness (QED) is 0.676. The molecule has 32 heavy (non-hydrogen) atoms. The van der Waals surface area contributed by atoms with Gasteiger partial charge < -0.3 is 19.8 Å². The van der Waals surface area contributed by atoms with Crippen molar-refractivity contribution in [3.63, 3.8) is 0 Å². The Morgan fingerprint density at radius 1 is 1.00 bits per heavy atom. The number of hydrogen-bond donors (Lipinski definition) is 2. The zero-order valence-corrected chi connectivity index (χ0v) is 17.8. The number of aromatic carboxylic acids is 2. The highest BCUT2D eigenvalue weighted by atomic mass is 19.1. The van der Waals surface area contributed by atoms with Crippen LogP contribution in [0.4, 0.5) is 4.39 Å². The molecular formula is C23H25FN2O6. The molecule has 0 spiro atoms. The maximum Gasteiger partial charge on any atom is 0.339 e. The molecule has 2 N–H and O–H groups in total. The Morgan fingerprint density at radius 3 is 2.31 bits per heavy atom. The van der Waals surface area contributed by atoms with E-state index >= 15 is 0 Å². The predicted octanol–water partition coefficient (Wildman–Crippen LogP) is 2.72. The van der Waals surface area contributed by atoms with Gasteiger partial charge in [-0.2, -0.15) is 0 Å². The van der Waals surface area contributed by atoms with Crippen molar-refractivity contribution in [1.29, 1.82) is 0 Å². The molecule has 2 aromatic carbocycles. The number of piperazine rings is 1.